The highest BCUT2D eigenvalue weighted by Gasteiger charge is 2.24. The van der Waals surface area contributed by atoms with Gasteiger partial charge >= 0.3 is 5.97 Å². The van der Waals surface area contributed by atoms with Crippen molar-refractivity contribution in [2.24, 2.45) is 0 Å². The zero-order valence-corrected chi connectivity index (χ0v) is 18.5. The quantitative estimate of drug-likeness (QED) is 0.322. The molecule has 0 amide bonds. The molecule has 0 spiro atoms. The first-order valence-electron chi connectivity index (χ1n) is 10.6. The van der Waals surface area contributed by atoms with Gasteiger partial charge in [0.05, 0.1) is 13.2 Å². The van der Waals surface area contributed by atoms with Crippen molar-refractivity contribution in [3.8, 4) is 0 Å². The molecule has 0 aromatic rings. The Balaban J connectivity index is 2.36. The minimum Gasteiger partial charge on any atom is -0.454 e. The summed E-state index contributed by atoms with van der Waals surface area (Å²) in [5.41, 5.74) is 5.73. The van der Waals surface area contributed by atoms with Crippen molar-refractivity contribution in [3.63, 3.8) is 0 Å². The maximum absolute atomic E-state index is 11.3. The highest BCUT2D eigenvalue weighted by molar-refractivity contribution is 5.85. The molecule has 4 heteroatoms. The van der Waals surface area contributed by atoms with E-state index in [2.05, 4.69) is 45.9 Å². The molecule has 0 unspecified atom stereocenters. The largest absolute Gasteiger partial charge is 0.454 e. The van der Waals surface area contributed by atoms with Gasteiger partial charge in [-0.25, -0.2) is 4.79 Å². The lowest BCUT2D eigenvalue weighted by Crippen LogP contribution is -2.13. The Morgan fingerprint density at radius 3 is 2.07 bits per heavy atom. The van der Waals surface area contributed by atoms with Crippen molar-refractivity contribution in [1.82, 2.24) is 0 Å². The Hall–Kier alpha value is -1.91. The third kappa shape index (κ3) is 11.0. The first kappa shape index (κ1) is 25.1. The number of allylic oxidation sites excluding steroid dienone is 6. The van der Waals surface area contributed by atoms with Crippen molar-refractivity contribution in [1.29, 1.82) is 0 Å². The van der Waals surface area contributed by atoms with Crippen LogP contribution in [0.5, 0.6) is 0 Å². The molecule has 29 heavy (non-hydrogen) atoms. The lowest BCUT2D eigenvalue weighted by atomic mass is 10.0. The molecule has 0 fully saturated rings. The predicted octanol–water partition coefficient (Wildman–Crippen LogP) is 5.34. The normalized spacial score (nSPS) is 18.0. The minimum absolute atomic E-state index is 0.000655. The Morgan fingerprint density at radius 1 is 0.931 bits per heavy atom. The van der Waals surface area contributed by atoms with Crippen molar-refractivity contribution < 1.29 is 19.7 Å². The van der Waals surface area contributed by atoms with Gasteiger partial charge in [0.25, 0.3) is 0 Å². The fourth-order valence-corrected chi connectivity index (χ4v) is 3.20. The summed E-state index contributed by atoms with van der Waals surface area (Å²) in [6.45, 7) is 8.46. The number of carbonyl (C=O) groups excluding carboxylic acids is 1. The second-order valence-corrected chi connectivity index (χ2v) is 8.06. The van der Waals surface area contributed by atoms with E-state index in [9.17, 15) is 15.0 Å². The van der Waals surface area contributed by atoms with Gasteiger partial charge in [-0.15, -0.1) is 0 Å². The SMILES string of the molecule is CC(C)=CCC/C(C)=C/CC/C(C)=C/CC/C(=C/C[C@H]1OC(=O)C=C1CO)CO. The first-order chi connectivity index (χ1) is 13.8. The van der Waals surface area contributed by atoms with Gasteiger partial charge in [0, 0.05) is 18.1 Å². The lowest BCUT2D eigenvalue weighted by Gasteiger charge is -2.11. The number of aliphatic hydroxyl groups is 2. The van der Waals surface area contributed by atoms with E-state index >= 15 is 0 Å². The molecule has 2 N–H and O–H groups in total. The minimum atomic E-state index is -0.405. The van der Waals surface area contributed by atoms with Crippen LogP contribution in [0.25, 0.3) is 0 Å². The molecule has 0 bridgehead atoms. The summed E-state index contributed by atoms with van der Waals surface area (Å²) in [4.78, 5) is 11.3. The number of esters is 1. The van der Waals surface area contributed by atoms with E-state index in [0.717, 1.165) is 44.1 Å². The molecule has 0 saturated heterocycles. The molecular formula is C25H38O4. The van der Waals surface area contributed by atoms with Gasteiger partial charge in [-0.05, 0) is 71.8 Å². The van der Waals surface area contributed by atoms with Gasteiger partial charge in [0.1, 0.15) is 6.10 Å². The molecule has 1 aliphatic rings. The summed E-state index contributed by atoms with van der Waals surface area (Å²) in [5.74, 6) is -0.405. The first-order valence-corrected chi connectivity index (χ1v) is 10.6. The second kappa shape index (κ2) is 14.1. The van der Waals surface area contributed by atoms with Crippen LogP contribution in [0, 0.1) is 0 Å². The van der Waals surface area contributed by atoms with Gasteiger partial charge in [0.15, 0.2) is 0 Å². The van der Waals surface area contributed by atoms with Gasteiger partial charge in [-0.2, -0.15) is 0 Å². The molecule has 0 saturated carbocycles. The number of carbonyl (C=O) groups is 1. The zero-order chi connectivity index (χ0) is 21.6. The van der Waals surface area contributed by atoms with Crippen LogP contribution in [-0.2, 0) is 9.53 Å². The van der Waals surface area contributed by atoms with E-state index in [1.165, 1.54) is 22.8 Å². The lowest BCUT2D eigenvalue weighted by molar-refractivity contribution is -0.138. The number of hydrogen-bond donors (Lipinski definition) is 2. The number of rotatable bonds is 13. The molecular weight excluding hydrogens is 364 g/mol. The average Bonchev–Trinajstić information content (AvgIpc) is 3.03. The Morgan fingerprint density at radius 2 is 1.52 bits per heavy atom. The van der Waals surface area contributed by atoms with Crippen LogP contribution in [-0.4, -0.2) is 35.5 Å². The number of hydrogen-bond acceptors (Lipinski definition) is 4. The molecule has 1 atom stereocenters. The summed E-state index contributed by atoms with van der Waals surface area (Å²) >= 11 is 0. The molecule has 0 aromatic heterocycles. The summed E-state index contributed by atoms with van der Waals surface area (Å²) in [6.07, 6.45) is 16.3. The van der Waals surface area contributed by atoms with Crippen molar-refractivity contribution >= 4 is 5.97 Å². The third-order valence-electron chi connectivity index (χ3n) is 5.06. The summed E-state index contributed by atoms with van der Waals surface area (Å²) in [7, 11) is 0. The molecule has 0 aromatic carbocycles. The van der Waals surface area contributed by atoms with E-state index in [0.29, 0.717) is 12.0 Å². The van der Waals surface area contributed by atoms with Crippen molar-refractivity contribution in [2.75, 3.05) is 13.2 Å². The summed E-state index contributed by atoms with van der Waals surface area (Å²) in [6, 6.07) is 0. The second-order valence-electron chi connectivity index (χ2n) is 8.06. The van der Waals surface area contributed by atoms with E-state index in [4.69, 9.17) is 4.74 Å². The van der Waals surface area contributed by atoms with Crippen LogP contribution in [0.3, 0.4) is 0 Å². The molecule has 1 rings (SSSR count). The maximum Gasteiger partial charge on any atom is 0.331 e. The smallest absolute Gasteiger partial charge is 0.331 e. The standard InChI is InChI=1S/C25H38O4/c1-19(2)8-5-9-20(3)10-6-11-21(4)12-7-13-22(17-26)14-15-24-23(18-27)16-25(28)29-24/h8,10,12,14,16,24,26-27H,5-7,9,11,13,15,17-18H2,1-4H3/b20-10+,21-12+,22-14-/t24-/m1/s1. The van der Waals surface area contributed by atoms with Gasteiger partial charge < -0.3 is 14.9 Å². The molecule has 0 aliphatic carbocycles. The van der Waals surface area contributed by atoms with Crippen LogP contribution in [0.2, 0.25) is 0 Å². The van der Waals surface area contributed by atoms with Gasteiger partial charge in [-0.1, -0.05) is 41.0 Å². The fourth-order valence-electron chi connectivity index (χ4n) is 3.20. The van der Waals surface area contributed by atoms with Crippen molar-refractivity contribution in [3.05, 3.63) is 58.2 Å². The number of cyclic esters (lactones) is 1. The van der Waals surface area contributed by atoms with Gasteiger partial charge in [-0.3, -0.25) is 0 Å². The molecule has 1 heterocycles. The Labute approximate surface area is 176 Å². The molecule has 0 radical (unpaired) electrons. The predicted molar refractivity (Wildman–Crippen MR) is 119 cm³/mol. The highest BCUT2D eigenvalue weighted by Crippen LogP contribution is 2.20. The zero-order valence-electron chi connectivity index (χ0n) is 18.5. The topological polar surface area (TPSA) is 66.8 Å². The van der Waals surface area contributed by atoms with E-state index in [1.54, 1.807) is 0 Å². The summed E-state index contributed by atoms with van der Waals surface area (Å²) < 4.78 is 5.16. The monoisotopic (exact) mass is 402 g/mol. The molecule has 1 aliphatic heterocycles. The van der Waals surface area contributed by atoms with Crippen molar-refractivity contribution in [2.45, 2.75) is 78.7 Å². The van der Waals surface area contributed by atoms with E-state index in [-0.39, 0.29) is 13.2 Å². The van der Waals surface area contributed by atoms with Crippen LogP contribution in [0.15, 0.2) is 58.2 Å². The highest BCUT2D eigenvalue weighted by atomic mass is 16.5. The van der Waals surface area contributed by atoms with Crippen LogP contribution < -0.4 is 0 Å². The summed E-state index contributed by atoms with van der Waals surface area (Å²) in [5, 5.41) is 18.8. The van der Waals surface area contributed by atoms with Crippen LogP contribution in [0.4, 0.5) is 0 Å². The van der Waals surface area contributed by atoms with E-state index in [1.807, 2.05) is 6.08 Å². The third-order valence-corrected chi connectivity index (χ3v) is 5.06. The van der Waals surface area contributed by atoms with E-state index < -0.39 is 12.1 Å². The number of ether oxygens (including phenoxy) is 1. The molecule has 4 nitrogen and oxygen atoms in total. The van der Waals surface area contributed by atoms with Gasteiger partial charge in [0.2, 0.25) is 0 Å². The Kier molecular flexibility index (Phi) is 12.2. The fraction of sp³-hybridized carbons (Fsp3) is 0.560. The number of aliphatic hydroxyl groups excluding tert-OH is 2. The van der Waals surface area contributed by atoms with Crippen LogP contribution >= 0.6 is 0 Å². The van der Waals surface area contributed by atoms with Crippen LogP contribution in [0.1, 0.15) is 72.6 Å². The molecule has 162 valence electrons. The average molecular weight is 403 g/mol. The maximum atomic E-state index is 11.3. The Bertz CT molecular complexity index is 673.